The van der Waals surface area contributed by atoms with E-state index in [1.54, 1.807) is 12.3 Å². The molecule has 19 heavy (non-hydrogen) atoms. The van der Waals surface area contributed by atoms with Crippen LogP contribution in [0.4, 0.5) is 5.95 Å². The summed E-state index contributed by atoms with van der Waals surface area (Å²) >= 11 is 0. The maximum Gasteiger partial charge on any atom is 0.308 e. The van der Waals surface area contributed by atoms with Gasteiger partial charge in [0.25, 0.3) is 0 Å². The summed E-state index contributed by atoms with van der Waals surface area (Å²) in [5.74, 6) is 0.143. The van der Waals surface area contributed by atoms with E-state index >= 15 is 0 Å². The van der Waals surface area contributed by atoms with E-state index in [1.807, 2.05) is 6.92 Å². The van der Waals surface area contributed by atoms with Gasteiger partial charge < -0.3 is 14.7 Å². The van der Waals surface area contributed by atoms with E-state index in [9.17, 15) is 9.90 Å². The molecule has 3 rings (SSSR count). The minimum atomic E-state index is -0.710. The van der Waals surface area contributed by atoms with Gasteiger partial charge in [-0.2, -0.15) is 4.98 Å². The van der Waals surface area contributed by atoms with E-state index in [1.165, 1.54) is 0 Å². The minimum absolute atomic E-state index is 0.0272. The number of carbonyl (C=O) groups is 1. The molecule has 0 saturated carbocycles. The third kappa shape index (κ3) is 2.01. The molecular weight excluding hydrogens is 246 g/mol. The van der Waals surface area contributed by atoms with Crippen LogP contribution in [0.2, 0.25) is 0 Å². The van der Waals surface area contributed by atoms with Crippen LogP contribution in [-0.4, -0.2) is 39.7 Å². The summed E-state index contributed by atoms with van der Waals surface area (Å²) in [6.45, 7) is 2.46. The average Bonchev–Trinajstić information content (AvgIpc) is 2.97. The molecule has 1 aromatic rings. The van der Waals surface area contributed by atoms with Crippen molar-refractivity contribution in [2.45, 2.75) is 38.3 Å². The predicted molar refractivity (Wildman–Crippen MR) is 68.2 cm³/mol. The van der Waals surface area contributed by atoms with Crippen LogP contribution in [0.25, 0.3) is 0 Å². The molecule has 0 amide bonds. The Bertz CT molecular complexity index is 494. The molecule has 3 atom stereocenters. The third-order valence-corrected chi connectivity index (χ3v) is 3.99. The predicted octanol–water partition coefficient (Wildman–Crippen LogP) is 1.32. The molecule has 102 valence electrons. The molecule has 0 aromatic carbocycles. The normalized spacial score (nSPS) is 28.7. The number of aromatic nitrogens is 2. The highest BCUT2D eigenvalue weighted by Gasteiger charge is 2.50. The van der Waals surface area contributed by atoms with Crippen LogP contribution in [0.15, 0.2) is 12.3 Å². The van der Waals surface area contributed by atoms with Crippen molar-refractivity contribution in [3.8, 4) is 5.88 Å². The van der Waals surface area contributed by atoms with Crippen molar-refractivity contribution in [3.05, 3.63) is 12.3 Å². The van der Waals surface area contributed by atoms with Gasteiger partial charge in [0.2, 0.25) is 11.8 Å². The number of rotatable bonds is 4. The lowest BCUT2D eigenvalue weighted by Gasteiger charge is -2.23. The molecule has 2 bridgehead atoms. The highest BCUT2D eigenvalue weighted by atomic mass is 16.5. The Morgan fingerprint density at radius 3 is 3.11 bits per heavy atom. The van der Waals surface area contributed by atoms with Crippen molar-refractivity contribution in [1.82, 2.24) is 9.97 Å². The van der Waals surface area contributed by atoms with Crippen molar-refractivity contribution >= 4 is 11.9 Å². The van der Waals surface area contributed by atoms with Gasteiger partial charge in [0.1, 0.15) is 0 Å². The first kappa shape index (κ1) is 12.2. The lowest BCUT2D eigenvalue weighted by molar-refractivity contribution is -0.142. The summed E-state index contributed by atoms with van der Waals surface area (Å²) in [5.41, 5.74) is 0. The van der Waals surface area contributed by atoms with E-state index in [2.05, 4.69) is 14.9 Å². The molecule has 6 nitrogen and oxygen atoms in total. The zero-order valence-corrected chi connectivity index (χ0v) is 10.8. The Kier molecular flexibility index (Phi) is 3.00. The van der Waals surface area contributed by atoms with E-state index in [-0.39, 0.29) is 18.0 Å². The van der Waals surface area contributed by atoms with E-state index in [0.29, 0.717) is 24.9 Å². The van der Waals surface area contributed by atoms with E-state index < -0.39 is 5.97 Å². The molecule has 2 aliphatic rings. The molecular formula is C13H17N3O3. The second-order valence-corrected chi connectivity index (χ2v) is 5.01. The van der Waals surface area contributed by atoms with Gasteiger partial charge in [-0.05, 0) is 26.2 Å². The zero-order valence-electron chi connectivity index (χ0n) is 10.8. The number of fused-ring (bicyclic) bond motifs is 2. The van der Waals surface area contributed by atoms with Crippen molar-refractivity contribution in [3.63, 3.8) is 0 Å². The standard InChI is InChI=1S/C13H17N3O3/c1-2-19-11-5-6-14-13(15-11)16-8-3-4-10(16)9(7-8)12(17)18/h5-6,8-10H,2-4,7H2,1H3,(H,17,18). The van der Waals surface area contributed by atoms with Crippen LogP contribution in [0.5, 0.6) is 5.88 Å². The van der Waals surface area contributed by atoms with Gasteiger partial charge in [-0.1, -0.05) is 0 Å². The number of hydrogen-bond donors (Lipinski definition) is 1. The molecule has 3 heterocycles. The number of carboxylic acids is 1. The molecule has 2 aliphatic heterocycles. The molecule has 0 aliphatic carbocycles. The summed E-state index contributed by atoms with van der Waals surface area (Å²) in [6.07, 6.45) is 4.30. The summed E-state index contributed by atoms with van der Waals surface area (Å²) < 4.78 is 5.38. The van der Waals surface area contributed by atoms with Gasteiger partial charge in [0, 0.05) is 24.3 Å². The van der Waals surface area contributed by atoms with Crippen molar-refractivity contribution in [1.29, 1.82) is 0 Å². The average molecular weight is 263 g/mol. The highest BCUT2D eigenvalue weighted by molar-refractivity contribution is 5.73. The van der Waals surface area contributed by atoms with Gasteiger partial charge in [-0.15, -0.1) is 0 Å². The zero-order chi connectivity index (χ0) is 13.4. The number of hydrogen-bond acceptors (Lipinski definition) is 5. The summed E-state index contributed by atoms with van der Waals surface area (Å²) in [5, 5.41) is 9.25. The lowest BCUT2D eigenvalue weighted by atomic mass is 9.89. The van der Waals surface area contributed by atoms with Crippen LogP contribution in [-0.2, 0) is 4.79 Å². The Balaban J connectivity index is 1.87. The fourth-order valence-corrected chi connectivity index (χ4v) is 3.25. The first-order valence-corrected chi connectivity index (χ1v) is 6.67. The minimum Gasteiger partial charge on any atom is -0.481 e. The topological polar surface area (TPSA) is 75.5 Å². The van der Waals surface area contributed by atoms with Crippen LogP contribution in [0.1, 0.15) is 26.2 Å². The second-order valence-electron chi connectivity index (χ2n) is 5.01. The summed E-state index contributed by atoms with van der Waals surface area (Å²) in [6, 6.07) is 2.00. The lowest BCUT2D eigenvalue weighted by Crippen LogP contribution is -2.34. The Hall–Kier alpha value is -1.85. The van der Waals surface area contributed by atoms with Crippen molar-refractivity contribution in [2.75, 3.05) is 11.5 Å². The van der Waals surface area contributed by atoms with Crippen LogP contribution >= 0.6 is 0 Å². The smallest absolute Gasteiger partial charge is 0.308 e. The fraction of sp³-hybridized carbons (Fsp3) is 0.615. The van der Waals surface area contributed by atoms with Gasteiger partial charge >= 0.3 is 5.97 Å². The molecule has 2 saturated heterocycles. The molecule has 1 N–H and O–H groups in total. The number of nitrogens with zero attached hydrogens (tertiary/aromatic N) is 3. The molecule has 1 aromatic heterocycles. The van der Waals surface area contributed by atoms with Crippen LogP contribution in [0.3, 0.4) is 0 Å². The SMILES string of the molecule is CCOc1ccnc(N2C3CCC2C(C(=O)O)C3)n1. The Morgan fingerprint density at radius 1 is 1.58 bits per heavy atom. The molecule has 6 heteroatoms. The number of aliphatic carboxylic acids is 1. The Labute approximate surface area is 111 Å². The quantitative estimate of drug-likeness (QED) is 0.883. The van der Waals surface area contributed by atoms with Crippen molar-refractivity contribution < 1.29 is 14.6 Å². The monoisotopic (exact) mass is 263 g/mol. The van der Waals surface area contributed by atoms with Gasteiger partial charge in [0.05, 0.1) is 12.5 Å². The highest BCUT2D eigenvalue weighted by Crippen LogP contribution is 2.43. The van der Waals surface area contributed by atoms with E-state index in [4.69, 9.17) is 4.74 Å². The molecule has 0 radical (unpaired) electrons. The second kappa shape index (κ2) is 4.68. The largest absolute Gasteiger partial charge is 0.481 e. The van der Waals surface area contributed by atoms with Gasteiger partial charge in [-0.25, -0.2) is 4.98 Å². The van der Waals surface area contributed by atoms with Crippen LogP contribution < -0.4 is 9.64 Å². The van der Waals surface area contributed by atoms with Gasteiger partial charge in [0.15, 0.2) is 0 Å². The first-order valence-electron chi connectivity index (χ1n) is 6.67. The third-order valence-electron chi connectivity index (χ3n) is 3.99. The number of ether oxygens (including phenoxy) is 1. The molecule has 0 spiro atoms. The van der Waals surface area contributed by atoms with Crippen molar-refractivity contribution in [2.24, 2.45) is 5.92 Å². The summed E-state index contributed by atoms with van der Waals surface area (Å²) in [7, 11) is 0. The molecule has 2 fully saturated rings. The molecule has 3 unspecified atom stereocenters. The maximum absolute atomic E-state index is 11.2. The fourth-order valence-electron chi connectivity index (χ4n) is 3.25. The maximum atomic E-state index is 11.2. The Morgan fingerprint density at radius 2 is 2.42 bits per heavy atom. The number of carboxylic acid groups (broad SMARTS) is 1. The first-order chi connectivity index (χ1) is 9.20. The van der Waals surface area contributed by atoms with E-state index in [0.717, 1.165) is 12.8 Å². The van der Waals surface area contributed by atoms with Gasteiger partial charge in [-0.3, -0.25) is 4.79 Å². The number of anilines is 1. The van der Waals surface area contributed by atoms with Crippen LogP contribution in [0, 0.1) is 5.92 Å². The summed E-state index contributed by atoms with van der Waals surface area (Å²) in [4.78, 5) is 22.0.